The Kier molecular flexibility index (Phi) is 2.48. The fraction of sp³-hybridized carbons (Fsp3) is 0.182. The normalized spacial score (nSPS) is 11.2. The van der Waals surface area contributed by atoms with Crippen molar-refractivity contribution in [1.29, 1.82) is 0 Å². The molecule has 0 radical (unpaired) electrons. The van der Waals surface area contributed by atoms with Gasteiger partial charge in [0, 0.05) is 0 Å². The Bertz CT molecular complexity index is 701. The van der Waals surface area contributed by atoms with Crippen LogP contribution >= 0.6 is 27.3 Å². The maximum absolute atomic E-state index is 4.39. The molecule has 2 aromatic heterocycles. The molecule has 0 spiro atoms. The highest BCUT2D eigenvalue weighted by Crippen LogP contribution is 2.25. The highest BCUT2D eigenvalue weighted by atomic mass is 79.9. The third kappa shape index (κ3) is 1.77. The molecular formula is C11H9BrN4S. The van der Waals surface area contributed by atoms with Crippen molar-refractivity contribution in [1.82, 2.24) is 19.7 Å². The van der Waals surface area contributed by atoms with Crippen molar-refractivity contribution in [3.63, 3.8) is 0 Å². The molecule has 17 heavy (non-hydrogen) atoms. The largest absolute Gasteiger partial charge is 0.273 e. The fourth-order valence-electron chi connectivity index (χ4n) is 1.71. The molecule has 0 amide bonds. The van der Waals surface area contributed by atoms with Crippen molar-refractivity contribution in [2.24, 2.45) is 0 Å². The lowest BCUT2D eigenvalue weighted by Gasteiger charge is -2.01. The van der Waals surface area contributed by atoms with Crippen LogP contribution in [-0.4, -0.2) is 19.7 Å². The zero-order chi connectivity index (χ0) is 12.0. The highest BCUT2D eigenvalue weighted by molar-refractivity contribution is 9.11. The summed E-state index contributed by atoms with van der Waals surface area (Å²) in [5.74, 6) is 0. The zero-order valence-corrected chi connectivity index (χ0v) is 11.7. The average molecular weight is 309 g/mol. The van der Waals surface area contributed by atoms with E-state index in [0.29, 0.717) is 0 Å². The molecule has 0 unspecified atom stereocenters. The van der Waals surface area contributed by atoms with Gasteiger partial charge in [0.05, 0.1) is 11.0 Å². The predicted octanol–water partition coefficient (Wildman–Crippen LogP) is 3.26. The number of aromatic nitrogens is 4. The van der Waals surface area contributed by atoms with Crippen LogP contribution in [0.4, 0.5) is 0 Å². The van der Waals surface area contributed by atoms with E-state index in [-0.39, 0.29) is 0 Å². The minimum atomic E-state index is 0.776. The van der Waals surface area contributed by atoms with Gasteiger partial charge in [-0.1, -0.05) is 11.3 Å². The van der Waals surface area contributed by atoms with Crippen molar-refractivity contribution in [3.05, 3.63) is 33.5 Å². The maximum Gasteiger partial charge on any atom is 0.218 e. The lowest BCUT2D eigenvalue weighted by atomic mass is 10.1. The van der Waals surface area contributed by atoms with Crippen LogP contribution in [0.15, 0.2) is 22.4 Å². The van der Waals surface area contributed by atoms with E-state index in [2.05, 4.69) is 57.1 Å². The molecule has 0 saturated carbocycles. The number of nitrogens with zero attached hydrogens (tertiary/aromatic N) is 4. The van der Waals surface area contributed by atoms with Gasteiger partial charge in [-0.2, -0.15) is 0 Å². The number of aryl methyl sites for hydroxylation is 2. The van der Waals surface area contributed by atoms with Crippen LogP contribution in [0.3, 0.4) is 0 Å². The summed E-state index contributed by atoms with van der Waals surface area (Å²) in [6.07, 6.45) is 1.79. The first-order chi connectivity index (χ1) is 8.15. The first-order valence-corrected chi connectivity index (χ1v) is 6.70. The van der Waals surface area contributed by atoms with E-state index in [4.69, 9.17) is 0 Å². The van der Waals surface area contributed by atoms with Crippen molar-refractivity contribution < 1.29 is 0 Å². The summed E-state index contributed by atoms with van der Waals surface area (Å²) in [5, 5.41) is 8.88. The Hall–Kier alpha value is -1.27. The second-order valence-electron chi connectivity index (χ2n) is 3.88. The van der Waals surface area contributed by atoms with Crippen LogP contribution in [0.2, 0.25) is 0 Å². The van der Waals surface area contributed by atoms with Gasteiger partial charge in [0.25, 0.3) is 0 Å². The SMILES string of the molecule is Cc1cc2ncn(-c3nnc(Br)s3)c2cc1C. The average Bonchev–Trinajstić information content (AvgIpc) is 2.86. The second-order valence-corrected chi connectivity index (χ2v) is 6.11. The topological polar surface area (TPSA) is 43.6 Å². The van der Waals surface area contributed by atoms with Crippen LogP contribution < -0.4 is 0 Å². The predicted molar refractivity (Wildman–Crippen MR) is 71.7 cm³/mol. The Morgan fingerprint density at radius 2 is 1.94 bits per heavy atom. The first-order valence-electron chi connectivity index (χ1n) is 5.09. The number of hydrogen-bond donors (Lipinski definition) is 0. The van der Waals surface area contributed by atoms with E-state index in [1.165, 1.54) is 22.5 Å². The lowest BCUT2D eigenvalue weighted by Crippen LogP contribution is -1.91. The molecule has 4 nitrogen and oxygen atoms in total. The molecule has 0 aliphatic heterocycles. The van der Waals surface area contributed by atoms with Crippen molar-refractivity contribution in [2.75, 3.05) is 0 Å². The van der Waals surface area contributed by atoms with Gasteiger partial charge in [-0.15, -0.1) is 10.2 Å². The summed E-state index contributed by atoms with van der Waals surface area (Å²) in [5.41, 5.74) is 4.56. The number of imidazole rings is 1. The van der Waals surface area contributed by atoms with Crippen LogP contribution in [0.25, 0.3) is 16.2 Å². The Morgan fingerprint density at radius 1 is 1.18 bits per heavy atom. The fourth-order valence-corrected chi connectivity index (χ4v) is 2.78. The van der Waals surface area contributed by atoms with E-state index >= 15 is 0 Å². The van der Waals surface area contributed by atoms with Gasteiger partial charge in [-0.25, -0.2) is 4.98 Å². The van der Waals surface area contributed by atoms with E-state index < -0.39 is 0 Å². The smallest absolute Gasteiger partial charge is 0.218 e. The molecular weight excluding hydrogens is 300 g/mol. The Labute approximate surface area is 110 Å². The van der Waals surface area contributed by atoms with E-state index in [9.17, 15) is 0 Å². The van der Waals surface area contributed by atoms with Gasteiger partial charge in [-0.05, 0) is 53.0 Å². The summed E-state index contributed by atoms with van der Waals surface area (Å²) in [6.45, 7) is 4.19. The van der Waals surface area contributed by atoms with Gasteiger partial charge >= 0.3 is 0 Å². The van der Waals surface area contributed by atoms with Gasteiger partial charge in [0.2, 0.25) is 5.13 Å². The monoisotopic (exact) mass is 308 g/mol. The third-order valence-electron chi connectivity index (χ3n) is 2.76. The number of hydrogen-bond acceptors (Lipinski definition) is 4. The van der Waals surface area contributed by atoms with Crippen LogP contribution in [0.1, 0.15) is 11.1 Å². The van der Waals surface area contributed by atoms with Gasteiger partial charge in [0.1, 0.15) is 6.33 Å². The molecule has 0 bridgehead atoms. The summed E-state index contributed by atoms with van der Waals surface area (Å²) in [6, 6.07) is 4.23. The summed E-state index contributed by atoms with van der Waals surface area (Å²) < 4.78 is 2.74. The quantitative estimate of drug-likeness (QED) is 0.693. The molecule has 0 N–H and O–H groups in total. The molecule has 1 aromatic carbocycles. The molecule has 3 rings (SSSR count). The van der Waals surface area contributed by atoms with Crippen molar-refractivity contribution in [3.8, 4) is 5.13 Å². The minimum Gasteiger partial charge on any atom is -0.273 e. The minimum absolute atomic E-state index is 0.776. The maximum atomic E-state index is 4.39. The molecule has 6 heteroatoms. The first kappa shape index (κ1) is 10.9. The molecule has 86 valence electrons. The van der Waals surface area contributed by atoms with Crippen LogP contribution in [0.5, 0.6) is 0 Å². The lowest BCUT2D eigenvalue weighted by molar-refractivity contribution is 0.975. The highest BCUT2D eigenvalue weighted by Gasteiger charge is 2.10. The van der Waals surface area contributed by atoms with E-state index in [1.807, 2.05) is 4.57 Å². The molecule has 0 atom stereocenters. The number of fused-ring (bicyclic) bond motifs is 1. The third-order valence-corrected chi connectivity index (χ3v) is 4.11. The van der Waals surface area contributed by atoms with E-state index in [0.717, 1.165) is 20.1 Å². The molecule has 3 aromatic rings. The number of rotatable bonds is 1. The molecule has 0 aliphatic rings. The summed E-state index contributed by atoms with van der Waals surface area (Å²) in [7, 11) is 0. The van der Waals surface area contributed by atoms with Crippen molar-refractivity contribution in [2.45, 2.75) is 13.8 Å². The van der Waals surface area contributed by atoms with Crippen LogP contribution in [-0.2, 0) is 0 Å². The Balaban J connectivity index is 2.27. The zero-order valence-electron chi connectivity index (χ0n) is 9.31. The summed E-state index contributed by atoms with van der Waals surface area (Å²) >= 11 is 4.81. The van der Waals surface area contributed by atoms with Crippen molar-refractivity contribution >= 4 is 38.3 Å². The van der Waals surface area contributed by atoms with E-state index in [1.54, 1.807) is 6.33 Å². The molecule has 0 aliphatic carbocycles. The Morgan fingerprint density at radius 3 is 2.65 bits per heavy atom. The van der Waals surface area contributed by atoms with Gasteiger partial charge in [0.15, 0.2) is 3.92 Å². The summed E-state index contributed by atoms with van der Waals surface area (Å²) in [4.78, 5) is 4.39. The van der Waals surface area contributed by atoms with Gasteiger partial charge < -0.3 is 0 Å². The number of benzene rings is 1. The molecule has 0 fully saturated rings. The molecule has 2 heterocycles. The second kappa shape index (κ2) is 3.89. The number of halogens is 1. The van der Waals surface area contributed by atoms with Crippen LogP contribution in [0, 0.1) is 13.8 Å². The standard InChI is InChI=1S/C11H9BrN4S/c1-6-3-8-9(4-7(6)2)16(5-13-8)11-15-14-10(12)17-11/h3-5H,1-2H3. The van der Waals surface area contributed by atoms with Gasteiger partial charge in [-0.3, -0.25) is 4.57 Å². The molecule has 0 saturated heterocycles.